The van der Waals surface area contributed by atoms with Crippen LogP contribution in [0.4, 0.5) is 4.79 Å². The van der Waals surface area contributed by atoms with Gasteiger partial charge in [0.2, 0.25) is 0 Å². The number of ether oxygens (including phenoxy) is 1. The van der Waals surface area contributed by atoms with Crippen molar-refractivity contribution in [2.75, 3.05) is 6.54 Å². The van der Waals surface area contributed by atoms with Crippen LogP contribution >= 0.6 is 0 Å². The SMILES string of the molecule is CCC1(C)C(=O)NC(=O)N1CC1CCC(C)(C)O1. The van der Waals surface area contributed by atoms with Crippen LogP contribution < -0.4 is 5.32 Å². The fourth-order valence-electron chi connectivity index (χ4n) is 2.69. The molecule has 2 rings (SSSR count). The summed E-state index contributed by atoms with van der Waals surface area (Å²) >= 11 is 0. The molecular weight excluding hydrogens is 232 g/mol. The van der Waals surface area contributed by atoms with E-state index >= 15 is 0 Å². The topological polar surface area (TPSA) is 58.6 Å². The van der Waals surface area contributed by atoms with E-state index in [0.717, 1.165) is 12.8 Å². The van der Waals surface area contributed by atoms with Crippen molar-refractivity contribution in [3.05, 3.63) is 0 Å². The lowest BCUT2D eigenvalue weighted by atomic mass is 9.97. The number of nitrogens with zero attached hydrogens (tertiary/aromatic N) is 1. The Kier molecular flexibility index (Phi) is 3.13. The Labute approximate surface area is 108 Å². The zero-order valence-electron chi connectivity index (χ0n) is 11.6. The first-order chi connectivity index (χ1) is 8.28. The standard InChI is InChI=1S/C13H22N2O3/c1-5-13(4)10(16)14-11(17)15(13)8-9-6-7-12(2,3)18-9/h9H,5-8H2,1-4H3,(H,14,16,17). The van der Waals surface area contributed by atoms with Crippen molar-refractivity contribution < 1.29 is 14.3 Å². The first-order valence-electron chi connectivity index (χ1n) is 6.59. The zero-order valence-corrected chi connectivity index (χ0v) is 11.6. The summed E-state index contributed by atoms with van der Waals surface area (Å²) in [5.41, 5.74) is -0.847. The van der Waals surface area contributed by atoms with Gasteiger partial charge in [0.25, 0.3) is 5.91 Å². The molecule has 2 unspecified atom stereocenters. The average Bonchev–Trinajstić information content (AvgIpc) is 2.72. The van der Waals surface area contributed by atoms with E-state index in [4.69, 9.17) is 4.74 Å². The van der Waals surface area contributed by atoms with Gasteiger partial charge in [-0.05, 0) is 40.0 Å². The lowest BCUT2D eigenvalue weighted by molar-refractivity contribution is -0.126. The van der Waals surface area contributed by atoms with Crippen molar-refractivity contribution in [3.8, 4) is 0 Å². The van der Waals surface area contributed by atoms with Crippen LogP contribution in [0.2, 0.25) is 0 Å². The summed E-state index contributed by atoms with van der Waals surface area (Å²) < 4.78 is 5.90. The first-order valence-corrected chi connectivity index (χ1v) is 6.59. The molecule has 5 heteroatoms. The molecule has 0 aromatic carbocycles. The van der Waals surface area contributed by atoms with Crippen LogP contribution in [0.5, 0.6) is 0 Å². The molecule has 1 N–H and O–H groups in total. The van der Waals surface area contributed by atoms with E-state index < -0.39 is 5.54 Å². The highest BCUT2D eigenvalue weighted by atomic mass is 16.5. The number of carbonyl (C=O) groups excluding carboxylic acids is 2. The van der Waals surface area contributed by atoms with Gasteiger partial charge in [-0.1, -0.05) is 6.92 Å². The molecule has 102 valence electrons. The van der Waals surface area contributed by atoms with Gasteiger partial charge in [0.05, 0.1) is 11.7 Å². The predicted octanol–water partition coefficient (Wildman–Crippen LogP) is 1.66. The first kappa shape index (κ1) is 13.3. The van der Waals surface area contributed by atoms with Gasteiger partial charge in [0.1, 0.15) is 5.54 Å². The molecule has 2 aliphatic rings. The van der Waals surface area contributed by atoms with Crippen molar-refractivity contribution in [2.24, 2.45) is 0 Å². The molecule has 0 radical (unpaired) electrons. The zero-order chi connectivity index (χ0) is 13.6. The van der Waals surface area contributed by atoms with Gasteiger partial charge in [-0.2, -0.15) is 0 Å². The second kappa shape index (κ2) is 4.23. The summed E-state index contributed by atoms with van der Waals surface area (Å²) in [4.78, 5) is 25.3. The maximum Gasteiger partial charge on any atom is 0.325 e. The van der Waals surface area contributed by atoms with E-state index in [1.165, 1.54) is 0 Å². The molecule has 0 spiro atoms. The van der Waals surface area contributed by atoms with E-state index in [2.05, 4.69) is 19.2 Å². The van der Waals surface area contributed by atoms with Crippen molar-refractivity contribution in [2.45, 2.75) is 64.2 Å². The Morgan fingerprint density at radius 3 is 2.56 bits per heavy atom. The summed E-state index contributed by atoms with van der Waals surface area (Å²) in [5.74, 6) is -0.202. The maximum atomic E-state index is 11.8. The monoisotopic (exact) mass is 254 g/mol. The van der Waals surface area contributed by atoms with Crippen molar-refractivity contribution in [3.63, 3.8) is 0 Å². The third-order valence-corrected chi connectivity index (χ3v) is 4.18. The van der Waals surface area contributed by atoms with Crippen LogP contribution in [0.1, 0.15) is 47.0 Å². The third-order valence-electron chi connectivity index (χ3n) is 4.18. The fraction of sp³-hybridized carbons (Fsp3) is 0.846. The summed E-state index contributed by atoms with van der Waals surface area (Å²) in [6, 6.07) is -0.294. The van der Waals surface area contributed by atoms with E-state index in [9.17, 15) is 9.59 Å². The third kappa shape index (κ3) is 2.11. The highest BCUT2D eigenvalue weighted by Gasteiger charge is 2.49. The normalized spacial score (nSPS) is 35.1. The smallest absolute Gasteiger partial charge is 0.325 e. The quantitative estimate of drug-likeness (QED) is 0.779. The van der Waals surface area contributed by atoms with Gasteiger partial charge in [0, 0.05) is 6.54 Å². The highest BCUT2D eigenvalue weighted by molar-refractivity contribution is 6.06. The van der Waals surface area contributed by atoms with Crippen LogP contribution in [0.25, 0.3) is 0 Å². The number of urea groups is 1. The Bertz CT molecular complexity index is 380. The minimum atomic E-state index is -0.729. The van der Waals surface area contributed by atoms with E-state index in [-0.39, 0.29) is 23.6 Å². The van der Waals surface area contributed by atoms with Gasteiger partial charge < -0.3 is 9.64 Å². The Morgan fingerprint density at radius 1 is 1.39 bits per heavy atom. The van der Waals surface area contributed by atoms with Crippen LogP contribution in [0, 0.1) is 0 Å². The van der Waals surface area contributed by atoms with Crippen molar-refractivity contribution >= 4 is 11.9 Å². The molecule has 5 nitrogen and oxygen atoms in total. The average molecular weight is 254 g/mol. The molecule has 2 atom stereocenters. The highest BCUT2D eigenvalue weighted by Crippen LogP contribution is 2.32. The largest absolute Gasteiger partial charge is 0.371 e. The summed E-state index contributed by atoms with van der Waals surface area (Å²) in [7, 11) is 0. The van der Waals surface area contributed by atoms with Crippen LogP contribution in [-0.2, 0) is 9.53 Å². The molecule has 2 fully saturated rings. The lowest BCUT2D eigenvalue weighted by Gasteiger charge is -2.33. The van der Waals surface area contributed by atoms with Crippen molar-refractivity contribution in [1.82, 2.24) is 10.2 Å². The Hall–Kier alpha value is -1.10. The van der Waals surface area contributed by atoms with Gasteiger partial charge in [-0.3, -0.25) is 10.1 Å². The number of hydrogen-bond acceptors (Lipinski definition) is 3. The summed E-state index contributed by atoms with van der Waals surface area (Å²) in [6.07, 6.45) is 2.57. The van der Waals surface area contributed by atoms with Crippen LogP contribution in [-0.4, -0.2) is 40.6 Å². The number of amides is 3. The molecule has 2 heterocycles. The summed E-state index contributed by atoms with van der Waals surface area (Å²) in [5, 5.41) is 2.40. The predicted molar refractivity (Wildman–Crippen MR) is 67.1 cm³/mol. The Balaban J connectivity index is 2.08. The minimum Gasteiger partial charge on any atom is -0.371 e. The number of carbonyl (C=O) groups is 2. The van der Waals surface area contributed by atoms with E-state index in [1.54, 1.807) is 4.90 Å². The number of nitrogens with one attached hydrogen (secondary N) is 1. The molecule has 2 aliphatic heterocycles. The van der Waals surface area contributed by atoms with Gasteiger partial charge in [-0.15, -0.1) is 0 Å². The molecule has 0 bridgehead atoms. The van der Waals surface area contributed by atoms with Gasteiger partial charge in [-0.25, -0.2) is 4.79 Å². The van der Waals surface area contributed by atoms with Gasteiger partial charge in [0.15, 0.2) is 0 Å². The maximum absolute atomic E-state index is 11.8. The molecule has 18 heavy (non-hydrogen) atoms. The second-order valence-electron chi connectivity index (χ2n) is 6.04. The molecule has 2 saturated heterocycles. The van der Waals surface area contributed by atoms with E-state index in [1.807, 2.05) is 13.8 Å². The molecule has 3 amide bonds. The number of hydrogen-bond donors (Lipinski definition) is 1. The van der Waals surface area contributed by atoms with Crippen molar-refractivity contribution in [1.29, 1.82) is 0 Å². The number of imide groups is 1. The minimum absolute atomic E-state index is 0.0301. The lowest BCUT2D eigenvalue weighted by Crippen LogP contribution is -2.49. The summed E-state index contributed by atoms with van der Waals surface area (Å²) in [6.45, 7) is 8.34. The molecular formula is C13H22N2O3. The van der Waals surface area contributed by atoms with Gasteiger partial charge >= 0.3 is 6.03 Å². The fourth-order valence-corrected chi connectivity index (χ4v) is 2.69. The van der Waals surface area contributed by atoms with E-state index in [0.29, 0.717) is 13.0 Å². The molecule has 0 aromatic heterocycles. The van der Waals surface area contributed by atoms with Crippen LogP contribution in [0.15, 0.2) is 0 Å². The number of rotatable bonds is 3. The molecule has 0 aliphatic carbocycles. The second-order valence-corrected chi connectivity index (χ2v) is 6.04. The Morgan fingerprint density at radius 2 is 2.06 bits per heavy atom. The van der Waals surface area contributed by atoms with Crippen LogP contribution in [0.3, 0.4) is 0 Å². The molecule has 0 aromatic rings. The molecule has 0 saturated carbocycles.